The highest BCUT2D eigenvalue weighted by Crippen LogP contribution is 2.24. The maximum absolute atomic E-state index is 12.4. The Hall–Kier alpha value is -2.74. The zero-order valence-corrected chi connectivity index (χ0v) is 16.8. The predicted molar refractivity (Wildman–Crippen MR) is 104 cm³/mol. The lowest BCUT2D eigenvalue weighted by Gasteiger charge is -2.21. The Morgan fingerprint density at radius 3 is 2.44 bits per heavy atom. The van der Waals surface area contributed by atoms with Gasteiger partial charge in [0, 0.05) is 5.54 Å². The molecule has 0 saturated carbocycles. The first-order valence-corrected chi connectivity index (χ1v) is 9.30. The SMILES string of the molecule is Cc1nc(-c2cccs2)ccc1C(=O)OC(C)C(=O)NC(=O)NC(C)(C)C. The van der Waals surface area contributed by atoms with Gasteiger partial charge in [-0.2, -0.15) is 0 Å². The van der Waals surface area contributed by atoms with Gasteiger partial charge in [0.1, 0.15) is 0 Å². The molecule has 0 fully saturated rings. The third-order valence-electron chi connectivity index (χ3n) is 3.46. The highest BCUT2D eigenvalue weighted by atomic mass is 32.1. The molecule has 1 unspecified atom stereocenters. The van der Waals surface area contributed by atoms with Crippen molar-refractivity contribution in [3.8, 4) is 10.6 Å². The van der Waals surface area contributed by atoms with E-state index in [0.29, 0.717) is 5.69 Å². The summed E-state index contributed by atoms with van der Waals surface area (Å²) in [7, 11) is 0. The van der Waals surface area contributed by atoms with Crippen LogP contribution in [-0.2, 0) is 9.53 Å². The van der Waals surface area contributed by atoms with E-state index in [4.69, 9.17) is 4.74 Å². The van der Waals surface area contributed by atoms with Crippen molar-refractivity contribution in [3.63, 3.8) is 0 Å². The van der Waals surface area contributed by atoms with Crippen LogP contribution in [0.3, 0.4) is 0 Å². The Morgan fingerprint density at radius 2 is 1.89 bits per heavy atom. The summed E-state index contributed by atoms with van der Waals surface area (Å²) in [6, 6.07) is 6.58. The van der Waals surface area contributed by atoms with E-state index in [1.54, 1.807) is 51.2 Å². The molecule has 8 heteroatoms. The smallest absolute Gasteiger partial charge is 0.340 e. The van der Waals surface area contributed by atoms with Gasteiger partial charge < -0.3 is 10.1 Å². The van der Waals surface area contributed by atoms with Gasteiger partial charge in [0.2, 0.25) is 0 Å². The van der Waals surface area contributed by atoms with E-state index in [0.717, 1.165) is 10.6 Å². The molecule has 2 aromatic heterocycles. The van der Waals surface area contributed by atoms with Crippen molar-refractivity contribution in [3.05, 3.63) is 40.9 Å². The lowest BCUT2D eigenvalue weighted by molar-refractivity contribution is -0.127. The van der Waals surface area contributed by atoms with Gasteiger partial charge in [-0.1, -0.05) is 6.07 Å². The number of aromatic nitrogens is 1. The summed E-state index contributed by atoms with van der Waals surface area (Å²) in [5.74, 6) is -1.37. The number of ether oxygens (including phenoxy) is 1. The lowest BCUT2D eigenvalue weighted by atomic mass is 10.1. The summed E-state index contributed by atoms with van der Waals surface area (Å²) >= 11 is 1.55. The molecule has 2 heterocycles. The summed E-state index contributed by atoms with van der Waals surface area (Å²) in [4.78, 5) is 41.5. The van der Waals surface area contributed by atoms with Crippen LogP contribution in [0, 0.1) is 6.92 Å². The number of urea groups is 1. The number of thiophene rings is 1. The van der Waals surface area contributed by atoms with Gasteiger partial charge in [-0.25, -0.2) is 9.59 Å². The zero-order valence-electron chi connectivity index (χ0n) is 16.0. The second-order valence-electron chi connectivity index (χ2n) is 7.05. The second-order valence-corrected chi connectivity index (χ2v) is 8.00. The molecule has 0 aromatic carbocycles. The Morgan fingerprint density at radius 1 is 1.19 bits per heavy atom. The van der Waals surface area contributed by atoms with Gasteiger partial charge in [-0.15, -0.1) is 11.3 Å². The molecular weight excluding hydrogens is 366 g/mol. The first-order valence-electron chi connectivity index (χ1n) is 8.42. The first kappa shape index (κ1) is 20.6. The maximum Gasteiger partial charge on any atom is 0.340 e. The van der Waals surface area contributed by atoms with Crippen LogP contribution in [-0.4, -0.2) is 34.5 Å². The normalized spacial score (nSPS) is 12.2. The molecule has 0 bridgehead atoms. The Labute approximate surface area is 162 Å². The van der Waals surface area contributed by atoms with E-state index in [1.807, 2.05) is 17.5 Å². The molecule has 144 valence electrons. The zero-order chi connectivity index (χ0) is 20.2. The van der Waals surface area contributed by atoms with Crippen LogP contribution in [0.5, 0.6) is 0 Å². The molecule has 0 spiro atoms. The molecule has 2 N–H and O–H groups in total. The van der Waals surface area contributed by atoms with E-state index in [2.05, 4.69) is 15.6 Å². The van der Waals surface area contributed by atoms with Crippen LogP contribution in [0.25, 0.3) is 10.6 Å². The molecule has 7 nitrogen and oxygen atoms in total. The van der Waals surface area contributed by atoms with E-state index >= 15 is 0 Å². The Bertz CT molecular complexity index is 841. The number of imide groups is 1. The van der Waals surface area contributed by atoms with Gasteiger partial charge in [0.25, 0.3) is 5.91 Å². The van der Waals surface area contributed by atoms with Crippen molar-refractivity contribution >= 4 is 29.2 Å². The number of amides is 3. The summed E-state index contributed by atoms with van der Waals surface area (Å²) < 4.78 is 5.17. The highest BCUT2D eigenvalue weighted by Gasteiger charge is 2.23. The molecule has 2 aromatic rings. The molecular formula is C19H23N3O4S. The maximum atomic E-state index is 12.4. The van der Waals surface area contributed by atoms with Crippen molar-refractivity contribution < 1.29 is 19.1 Å². The van der Waals surface area contributed by atoms with Gasteiger partial charge in [-0.05, 0) is 58.2 Å². The van der Waals surface area contributed by atoms with Crippen LogP contribution in [0.1, 0.15) is 43.7 Å². The van der Waals surface area contributed by atoms with Crippen LogP contribution in [0.2, 0.25) is 0 Å². The first-order chi connectivity index (χ1) is 12.6. The van der Waals surface area contributed by atoms with Crippen LogP contribution in [0.4, 0.5) is 4.79 Å². The molecule has 0 aliphatic carbocycles. The predicted octanol–water partition coefficient (Wildman–Crippen LogP) is 3.29. The third-order valence-corrected chi connectivity index (χ3v) is 4.35. The lowest BCUT2D eigenvalue weighted by Crippen LogP contribution is -2.50. The van der Waals surface area contributed by atoms with Gasteiger partial charge in [-0.3, -0.25) is 15.1 Å². The van der Waals surface area contributed by atoms with Crippen molar-refractivity contribution in [1.29, 1.82) is 0 Å². The second kappa shape index (κ2) is 8.30. The van der Waals surface area contributed by atoms with Crippen LogP contribution < -0.4 is 10.6 Å². The summed E-state index contributed by atoms with van der Waals surface area (Å²) in [5.41, 5.74) is 1.05. The number of aryl methyl sites for hydroxylation is 1. The average molecular weight is 389 g/mol. The minimum Gasteiger partial charge on any atom is -0.449 e. The van der Waals surface area contributed by atoms with Gasteiger partial charge >= 0.3 is 12.0 Å². The van der Waals surface area contributed by atoms with Crippen LogP contribution >= 0.6 is 11.3 Å². The summed E-state index contributed by atoms with van der Waals surface area (Å²) in [6.07, 6.45) is -1.13. The number of nitrogens with one attached hydrogen (secondary N) is 2. The highest BCUT2D eigenvalue weighted by molar-refractivity contribution is 7.13. The fraction of sp³-hybridized carbons (Fsp3) is 0.368. The van der Waals surface area contributed by atoms with Gasteiger partial charge in [0.15, 0.2) is 6.10 Å². The minimum absolute atomic E-state index is 0.272. The number of rotatable bonds is 4. The number of pyridine rings is 1. The molecule has 0 saturated heterocycles. The Kier molecular flexibility index (Phi) is 6.32. The average Bonchev–Trinajstić information content (AvgIpc) is 3.06. The number of carbonyl (C=O) groups is 3. The largest absolute Gasteiger partial charge is 0.449 e. The Balaban J connectivity index is 1.99. The van der Waals surface area contributed by atoms with Crippen LogP contribution in [0.15, 0.2) is 29.6 Å². The molecule has 0 aliphatic rings. The fourth-order valence-electron chi connectivity index (χ4n) is 2.20. The molecule has 0 radical (unpaired) electrons. The monoisotopic (exact) mass is 389 g/mol. The van der Waals surface area contributed by atoms with Gasteiger partial charge in [0.05, 0.1) is 21.8 Å². The van der Waals surface area contributed by atoms with E-state index < -0.39 is 29.6 Å². The molecule has 2 rings (SSSR count). The van der Waals surface area contributed by atoms with Crippen molar-refractivity contribution in [1.82, 2.24) is 15.6 Å². The number of carbonyl (C=O) groups excluding carboxylic acids is 3. The van der Waals surface area contributed by atoms with Crippen molar-refractivity contribution in [2.75, 3.05) is 0 Å². The summed E-state index contributed by atoms with van der Waals surface area (Å²) in [5, 5.41) is 6.70. The third kappa shape index (κ3) is 5.89. The molecule has 3 amide bonds. The standard InChI is InChI=1S/C19H23N3O4S/c1-11-13(8-9-14(20-11)15-7-6-10-27-15)17(24)26-12(2)16(23)21-18(25)22-19(3,4)5/h6-10,12H,1-5H3,(H2,21,22,23,25). The fourth-order valence-corrected chi connectivity index (χ4v) is 2.90. The number of hydrogen-bond acceptors (Lipinski definition) is 6. The number of nitrogens with zero attached hydrogens (tertiary/aromatic N) is 1. The minimum atomic E-state index is -1.13. The van der Waals surface area contributed by atoms with Crippen molar-refractivity contribution in [2.24, 2.45) is 0 Å². The topological polar surface area (TPSA) is 97.4 Å². The number of esters is 1. The molecule has 0 aliphatic heterocycles. The van der Waals surface area contributed by atoms with E-state index in [-0.39, 0.29) is 5.56 Å². The quantitative estimate of drug-likeness (QED) is 0.782. The van der Waals surface area contributed by atoms with E-state index in [1.165, 1.54) is 6.92 Å². The molecule has 27 heavy (non-hydrogen) atoms. The molecule has 1 atom stereocenters. The van der Waals surface area contributed by atoms with Crippen molar-refractivity contribution in [2.45, 2.75) is 46.3 Å². The van der Waals surface area contributed by atoms with E-state index in [9.17, 15) is 14.4 Å². The summed E-state index contributed by atoms with van der Waals surface area (Å²) in [6.45, 7) is 8.47. The number of hydrogen-bond donors (Lipinski definition) is 2.